The number of benzene rings is 2. The van der Waals surface area contributed by atoms with E-state index in [9.17, 15) is 4.79 Å². The minimum Gasteiger partial charge on any atom is -0.497 e. The molecule has 0 spiro atoms. The maximum Gasteiger partial charge on any atom is 0.234 e. The number of hydrogen-bond donors (Lipinski definition) is 1. The van der Waals surface area contributed by atoms with Gasteiger partial charge in [-0.3, -0.25) is 4.79 Å². The summed E-state index contributed by atoms with van der Waals surface area (Å²) in [5.74, 6) is 1.65. The molecule has 0 fully saturated rings. The summed E-state index contributed by atoms with van der Waals surface area (Å²) in [5.41, 5.74) is 4.81. The van der Waals surface area contributed by atoms with E-state index < -0.39 is 0 Å². The molecule has 0 aliphatic carbocycles. The molecule has 23 heavy (non-hydrogen) atoms. The fourth-order valence-corrected chi connectivity index (χ4v) is 3.13. The van der Waals surface area contributed by atoms with E-state index in [0.717, 1.165) is 39.4 Å². The largest absolute Gasteiger partial charge is 0.497 e. The number of nitrogens with zero attached hydrogens (tertiary/aromatic N) is 2. The Morgan fingerprint density at radius 3 is 2.65 bits per heavy atom. The van der Waals surface area contributed by atoms with E-state index in [0.29, 0.717) is 0 Å². The van der Waals surface area contributed by atoms with E-state index in [1.807, 2.05) is 50.4 Å². The number of hydrogen-bond acceptors (Lipinski definition) is 3. The van der Waals surface area contributed by atoms with Crippen LogP contribution >= 0.6 is 0 Å². The van der Waals surface area contributed by atoms with Gasteiger partial charge >= 0.3 is 0 Å². The van der Waals surface area contributed by atoms with Gasteiger partial charge in [0, 0.05) is 18.3 Å². The van der Waals surface area contributed by atoms with Crippen molar-refractivity contribution < 1.29 is 9.53 Å². The zero-order valence-corrected chi connectivity index (χ0v) is 13.3. The average Bonchev–Trinajstić information content (AvgIpc) is 3.09. The first-order valence-electron chi connectivity index (χ1n) is 7.54. The monoisotopic (exact) mass is 307 g/mol. The van der Waals surface area contributed by atoms with E-state index in [-0.39, 0.29) is 11.8 Å². The van der Waals surface area contributed by atoms with E-state index in [1.54, 1.807) is 12.0 Å². The fourth-order valence-electron chi connectivity index (χ4n) is 3.13. The third-order valence-electron chi connectivity index (χ3n) is 4.52. The summed E-state index contributed by atoms with van der Waals surface area (Å²) in [6, 6.07) is 11.8. The number of likely N-dealkylation sites (N-methyl/N-ethyl adjacent to an activating group) is 1. The van der Waals surface area contributed by atoms with Gasteiger partial charge in [-0.2, -0.15) is 0 Å². The van der Waals surface area contributed by atoms with Gasteiger partial charge in [-0.25, -0.2) is 4.98 Å². The molecular formula is C18H17N3O2. The summed E-state index contributed by atoms with van der Waals surface area (Å²) in [7, 11) is 3.47. The van der Waals surface area contributed by atoms with Crippen molar-refractivity contribution in [2.24, 2.45) is 0 Å². The second-order valence-corrected chi connectivity index (χ2v) is 5.86. The minimum absolute atomic E-state index is 0.111. The number of amides is 1. The maximum atomic E-state index is 12.1. The summed E-state index contributed by atoms with van der Waals surface area (Å²) in [5, 5.41) is 0. The van der Waals surface area contributed by atoms with Gasteiger partial charge in [0.05, 0.1) is 24.1 Å². The van der Waals surface area contributed by atoms with Crippen molar-refractivity contribution in [2.75, 3.05) is 19.1 Å². The van der Waals surface area contributed by atoms with Crippen molar-refractivity contribution in [2.45, 2.75) is 12.8 Å². The van der Waals surface area contributed by atoms with Crippen molar-refractivity contribution in [3.05, 3.63) is 42.0 Å². The van der Waals surface area contributed by atoms with Gasteiger partial charge in [-0.15, -0.1) is 0 Å². The number of aromatic nitrogens is 2. The van der Waals surface area contributed by atoms with Crippen molar-refractivity contribution in [3.63, 3.8) is 0 Å². The standard InChI is InChI=1S/C18H17N3O2/c1-10-13-8-14-15(9-16(13)21(2)18(10)22)20-17(19-14)11-4-6-12(23-3)7-5-11/h4-10H,1-3H3,(H,19,20). The Morgan fingerprint density at radius 2 is 1.96 bits per heavy atom. The molecular weight excluding hydrogens is 290 g/mol. The number of carbonyl (C=O) groups is 1. The lowest BCUT2D eigenvalue weighted by molar-refractivity contribution is -0.118. The van der Waals surface area contributed by atoms with Crippen LogP contribution in [-0.4, -0.2) is 30.0 Å². The summed E-state index contributed by atoms with van der Waals surface area (Å²) in [4.78, 5) is 21.8. The Balaban J connectivity index is 1.82. The molecule has 1 aliphatic heterocycles. The molecule has 2 heterocycles. The van der Waals surface area contributed by atoms with Crippen molar-refractivity contribution in [1.29, 1.82) is 0 Å². The van der Waals surface area contributed by atoms with Gasteiger partial charge in [0.1, 0.15) is 11.6 Å². The molecule has 3 aromatic rings. The van der Waals surface area contributed by atoms with Crippen LogP contribution in [0.25, 0.3) is 22.4 Å². The lowest BCUT2D eigenvalue weighted by Crippen LogP contribution is -2.22. The Morgan fingerprint density at radius 1 is 1.22 bits per heavy atom. The van der Waals surface area contributed by atoms with Gasteiger partial charge in [-0.1, -0.05) is 0 Å². The molecule has 1 N–H and O–H groups in total. The number of fused-ring (bicyclic) bond motifs is 2. The van der Waals surface area contributed by atoms with E-state index in [1.165, 1.54) is 0 Å². The number of imidazole rings is 1. The first kappa shape index (κ1) is 13.8. The third kappa shape index (κ3) is 2.00. The molecule has 2 aromatic carbocycles. The highest BCUT2D eigenvalue weighted by molar-refractivity contribution is 6.06. The zero-order valence-electron chi connectivity index (χ0n) is 13.3. The molecule has 0 radical (unpaired) electrons. The quantitative estimate of drug-likeness (QED) is 0.790. The molecule has 5 nitrogen and oxygen atoms in total. The lowest BCUT2D eigenvalue weighted by atomic mass is 10.0. The predicted octanol–water partition coefficient (Wildman–Crippen LogP) is 3.32. The molecule has 1 aromatic heterocycles. The Kier molecular flexibility index (Phi) is 2.91. The van der Waals surface area contributed by atoms with Gasteiger partial charge in [0.25, 0.3) is 0 Å². The van der Waals surface area contributed by atoms with Crippen LogP contribution in [0, 0.1) is 0 Å². The zero-order chi connectivity index (χ0) is 16.1. The Labute approximate surface area is 133 Å². The number of anilines is 1. The van der Waals surface area contributed by atoms with Gasteiger partial charge in [0.2, 0.25) is 5.91 Å². The molecule has 4 rings (SSSR count). The topological polar surface area (TPSA) is 58.2 Å². The second-order valence-electron chi connectivity index (χ2n) is 5.86. The highest BCUT2D eigenvalue weighted by Crippen LogP contribution is 2.38. The fraction of sp³-hybridized carbons (Fsp3) is 0.222. The normalized spacial score (nSPS) is 16.9. The Hall–Kier alpha value is -2.82. The number of aromatic amines is 1. The summed E-state index contributed by atoms with van der Waals surface area (Å²) >= 11 is 0. The van der Waals surface area contributed by atoms with Crippen LogP contribution in [0.3, 0.4) is 0 Å². The van der Waals surface area contributed by atoms with Crippen molar-refractivity contribution in [1.82, 2.24) is 9.97 Å². The van der Waals surface area contributed by atoms with Crippen molar-refractivity contribution >= 4 is 22.6 Å². The summed E-state index contributed by atoms with van der Waals surface area (Å²) < 4.78 is 5.18. The molecule has 1 atom stereocenters. The molecule has 1 amide bonds. The van der Waals surface area contributed by atoms with E-state index >= 15 is 0 Å². The van der Waals surface area contributed by atoms with Gasteiger partial charge in [0.15, 0.2) is 0 Å². The first-order chi connectivity index (χ1) is 11.1. The minimum atomic E-state index is -0.111. The van der Waals surface area contributed by atoms with Crippen LogP contribution in [0.4, 0.5) is 5.69 Å². The molecule has 0 bridgehead atoms. The SMILES string of the molecule is COc1ccc(-c2nc3cc4c(cc3[nH]2)N(C)C(=O)C4C)cc1. The number of ether oxygens (including phenoxy) is 1. The number of nitrogens with one attached hydrogen (secondary N) is 1. The van der Waals surface area contributed by atoms with Crippen LogP contribution in [0.15, 0.2) is 36.4 Å². The molecule has 1 aliphatic rings. The van der Waals surface area contributed by atoms with Crippen LogP contribution in [0.1, 0.15) is 18.4 Å². The highest BCUT2D eigenvalue weighted by Gasteiger charge is 2.32. The predicted molar refractivity (Wildman–Crippen MR) is 89.9 cm³/mol. The van der Waals surface area contributed by atoms with E-state index in [4.69, 9.17) is 4.74 Å². The summed E-state index contributed by atoms with van der Waals surface area (Å²) in [6.45, 7) is 1.94. The lowest BCUT2D eigenvalue weighted by Gasteiger charge is -2.09. The molecule has 0 saturated carbocycles. The second kappa shape index (κ2) is 4.84. The van der Waals surface area contributed by atoms with Crippen LogP contribution in [0.2, 0.25) is 0 Å². The maximum absolute atomic E-state index is 12.1. The van der Waals surface area contributed by atoms with Gasteiger partial charge < -0.3 is 14.6 Å². The van der Waals surface area contributed by atoms with Gasteiger partial charge in [-0.05, 0) is 48.9 Å². The third-order valence-corrected chi connectivity index (χ3v) is 4.52. The van der Waals surface area contributed by atoms with Crippen LogP contribution < -0.4 is 9.64 Å². The average molecular weight is 307 g/mol. The number of carbonyl (C=O) groups excluding carboxylic acids is 1. The van der Waals surface area contributed by atoms with Crippen LogP contribution in [0.5, 0.6) is 5.75 Å². The van der Waals surface area contributed by atoms with Crippen molar-refractivity contribution in [3.8, 4) is 17.1 Å². The molecule has 0 saturated heterocycles. The molecule has 1 unspecified atom stereocenters. The molecule has 116 valence electrons. The Bertz CT molecular complexity index is 863. The first-order valence-corrected chi connectivity index (χ1v) is 7.54. The summed E-state index contributed by atoms with van der Waals surface area (Å²) in [6.07, 6.45) is 0. The molecule has 5 heteroatoms. The number of methoxy groups -OCH3 is 1. The van der Waals surface area contributed by atoms with Crippen LogP contribution in [-0.2, 0) is 4.79 Å². The number of H-pyrrole nitrogens is 1. The number of rotatable bonds is 2. The van der Waals surface area contributed by atoms with E-state index in [2.05, 4.69) is 9.97 Å². The smallest absolute Gasteiger partial charge is 0.234 e. The highest BCUT2D eigenvalue weighted by atomic mass is 16.5.